The second-order valence-electron chi connectivity index (χ2n) is 4.78. The van der Waals surface area contributed by atoms with Gasteiger partial charge in [0.15, 0.2) is 11.6 Å². The van der Waals surface area contributed by atoms with Crippen molar-refractivity contribution in [2.75, 3.05) is 5.73 Å². The van der Waals surface area contributed by atoms with Crippen LogP contribution in [0, 0.1) is 11.3 Å². The Morgan fingerprint density at radius 3 is 2.43 bits per heavy atom. The molecule has 14 heavy (non-hydrogen) atoms. The summed E-state index contributed by atoms with van der Waals surface area (Å²) in [5.74, 6) is 1.43. The highest BCUT2D eigenvalue weighted by atomic mass is 35.5. The van der Waals surface area contributed by atoms with E-state index in [1.165, 1.54) is 0 Å². The summed E-state index contributed by atoms with van der Waals surface area (Å²) in [6, 6.07) is 0. The molecule has 0 aliphatic carbocycles. The lowest BCUT2D eigenvalue weighted by Gasteiger charge is -2.26. The van der Waals surface area contributed by atoms with Gasteiger partial charge in [0, 0.05) is 6.42 Å². The second-order valence-corrected chi connectivity index (χ2v) is 5.15. The first-order valence-electron chi connectivity index (χ1n) is 4.72. The molecule has 0 bridgehead atoms. The van der Waals surface area contributed by atoms with Gasteiger partial charge < -0.3 is 10.3 Å². The molecule has 80 valence electrons. The SMILES string of the molecule is CC(Cc1onc(N)c1Cl)C(C)(C)C. The van der Waals surface area contributed by atoms with Gasteiger partial charge in [0.25, 0.3) is 0 Å². The molecule has 4 heteroatoms. The van der Waals surface area contributed by atoms with Gasteiger partial charge in [0.2, 0.25) is 0 Å². The minimum atomic E-state index is 0.227. The Hall–Kier alpha value is -0.700. The van der Waals surface area contributed by atoms with E-state index in [1.807, 2.05) is 0 Å². The number of nitrogens with zero attached hydrogens (tertiary/aromatic N) is 1. The van der Waals surface area contributed by atoms with Crippen molar-refractivity contribution in [3.05, 3.63) is 10.8 Å². The normalized spacial score (nSPS) is 14.4. The zero-order valence-electron chi connectivity index (χ0n) is 9.10. The average molecular weight is 217 g/mol. The van der Waals surface area contributed by atoms with Crippen LogP contribution < -0.4 is 5.73 Å². The molecule has 0 spiro atoms. The molecule has 1 aromatic rings. The molecule has 0 saturated carbocycles. The first-order valence-corrected chi connectivity index (χ1v) is 5.09. The Morgan fingerprint density at radius 1 is 1.50 bits per heavy atom. The van der Waals surface area contributed by atoms with Gasteiger partial charge in [0.1, 0.15) is 5.02 Å². The van der Waals surface area contributed by atoms with Crippen LogP contribution in [0.15, 0.2) is 4.52 Å². The maximum absolute atomic E-state index is 5.92. The van der Waals surface area contributed by atoms with Crippen LogP contribution in [0.25, 0.3) is 0 Å². The summed E-state index contributed by atoms with van der Waals surface area (Å²) >= 11 is 5.92. The van der Waals surface area contributed by atoms with Gasteiger partial charge in [0.05, 0.1) is 0 Å². The topological polar surface area (TPSA) is 52.0 Å². The Bertz CT molecular complexity index is 314. The lowest BCUT2D eigenvalue weighted by atomic mass is 9.80. The number of aromatic nitrogens is 1. The smallest absolute Gasteiger partial charge is 0.185 e. The molecule has 0 aromatic carbocycles. The second kappa shape index (κ2) is 3.81. The fourth-order valence-corrected chi connectivity index (χ4v) is 1.18. The van der Waals surface area contributed by atoms with Gasteiger partial charge >= 0.3 is 0 Å². The molecule has 0 aliphatic heterocycles. The number of anilines is 1. The van der Waals surface area contributed by atoms with Crippen LogP contribution >= 0.6 is 11.6 Å². The van der Waals surface area contributed by atoms with E-state index in [-0.39, 0.29) is 11.2 Å². The summed E-state index contributed by atoms with van der Waals surface area (Å²) in [7, 11) is 0. The van der Waals surface area contributed by atoms with E-state index in [0.717, 1.165) is 6.42 Å². The number of rotatable bonds is 2. The Labute approximate surface area is 89.6 Å². The molecule has 1 heterocycles. The molecule has 0 aliphatic rings. The summed E-state index contributed by atoms with van der Waals surface area (Å²) < 4.78 is 5.05. The minimum Gasteiger partial charge on any atom is -0.380 e. The molecule has 3 nitrogen and oxygen atoms in total. The maximum Gasteiger partial charge on any atom is 0.185 e. The zero-order valence-corrected chi connectivity index (χ0v) is 9.85. The van der Waals surface area contributed by atoms with E-state index >= 15 is 0 Å². The Balaban J connectivity index is 2.75. The average Bonchev–Trinajstić information content (AvgIpc) is 2.34. The summed E-state index contributed by atoms with van der Waals surface area (Å²) in [6.07, 6.45) is 0.770. The molecule has 0 fully saturated rings. The molecular weight excluding hydrogens is 200 g/mol. The Kier molecular flexibility index (Phi) is 3.10. The van der Waals surface area contributed by atoms with E-state index in [4.69, 9.17) is 21.9 Å². The molecule has 0 saturated heterocycles. The van der Waals surface area contributed by atoms with Crippen molar-refractivity contribution in [1.29, 1.82) is 0 Å². The lowest BCUT2D eigenvalue weighted by Crippen LogP contribution is -2.19. The lowest BCUT2D eigenvalue weighted by molar-refractivity contribution is 0.240. The number of nitrogen functional groups attached to an aromatic ring is 1. The fourth-order valence-electron chi connectivity index (χ4n) is 1.04. The predicted molar refractivity (Wildman–Crippen MR) is 58.2 cm³/mol. The van der Waals surface area contributed by atoms with Crippen molar-refractivity contribution < 1.29 is 4.52 Å². The molecule has 0 radical (unpaired) electrons. The van der Waals surface area contributed by atoms with E-state index in [2.05, 4.69) is 32.9 Å². The Morgan fingerprint density at radius 2 is 2.07 bits per heavy atom. The third-order valence-electron chi connectivity index (χ3n) is 2.69. The largest absolute Gasteiger partial charge is 0.380 e. The highest BCUT2D eigenvalue weighted by Crippen LogP contribution is 2.32. The van der Waals surface area contributed by atoms with Crippen molar-refractivity contribution in [1.82, 2.24) is 5.16 Å². The van der Waals surface area contributed by atoms with Gasteiger partial charge in [-0.3, -0.25) is 0 Å². The van der Waals surface area contributed by atoms with E-state index in [9.17, 15) is 0 Å². The molecule has 1 atom stereocenters. The van der Waals surface area contributed by atoms with E-state index < -0.39 is 0 Å². The predicted octanol–water partition coefficient (Wildman–Crippen LogP) is 3.13. The monoisotopic (exact) mass is 216 g/mol. The molecular formula is C10H17ClN2O. The third-order valence-corrected chi connectivity index (χ3v) is 3.10. The number of halogens is 1. The molecule has 2 N–H and O–H groups in total. The first-order chi connectivity index (χ1) is 6.32. The number of hydrogen-bond donors (Lipinski definition) is 1. The van der Waals surface area contributed by atoms with Crippen LogP contribution in [0.1, 0.15) is 33.5 Å². The maximum atomic E-state index is 5.92. The van der Waals surface area contributed by atoms with E-state index in [0.29, 0.717) is 16.7 Å². The molecule has 1 rings (SSSR count). The highest BCUT2D eigenvalue weighted by Gasteiger charge is 2.23. The van der Waals surface area contributed by atoms with Crippen molar-refractivity contribution in [3.8, 4) is 0 Å². The van der Waals surface area contributed by atoms with Crippen molar-refractivity contribution in [2.24, 2.45) is 11.3 Å². The van der Waals surface area contributed by atoms with Crippen LogP contribution in [0.4, 0.5) is 5.82 Å². The highest BCUT2D eigenvalue weighted by molar-refractivity contribution is 6.33. The van der Waals surface area contributed by atoms with Gasteiger partial charge in [-0.25, -0.2) is 0 Å². The van der Waals surface area contributed by atoms with Crippen LogP contribution in [-0.2, 0) is 6.42 Å². The summed E-state index contributed by atoms with van der Waals surface area (Å²) in [5.41, 5.74) is 5.72. The standard InChI is InChI=1S/C10H17ClN2O/c1-6(10(2,3)4)5-7-8(11)9(12)13-14-7/h6H,5H2,1-4H3,(H2,12,13). The fraction of sp³-hybridized carbons (Fsp3) is 0.700. The van der Waals surface area contributed by atoms with Crippen molar-refractivity contribution >= 4 is 17.4 Å². The van der Waals surface area contributed by atoms with E-state index in [1.54, 1.807) is 0 Å². The summed E-state index contributed by atoms with van der Waals surface area (Å²) in [6.45, 7) is 8.72. The van der Waals surface area contributed by atoms with Gasteiger partial charge in [-0.15, -0.1) is 0 Å². The van der Waals surface area contributed by atoms with Crippen LogP contribution in [0.3, 0.4) is 0 Å². The minimum absolute atomic E-state index is 0.227. The summed E-state index contributed by atoms with van der Waals surface area (Å²) in [4.78, 5) is 0. The van der Waals surface area contributed by atoms with Crippen LogP contribution in [-0.4, -0.2) is 5.16 Å². The molecule has 0 amide bonds. The van der Waals surface area contributed by atoms with Gasteiger partial charge in [-0.1, -0.05) is 44.5 Å². The van der Waals surface area contributed by atoms with Crippen molar-refractivity contribution in [2.45, 2.75) is 34.1 Å². The quantitative estimate of drug-likeness (QED) is 0.827. The number of hydrogen-bond acceptors (Lipinski definition) is 3. The van der Waals surface area contributed by atoms with Gasteiger partial charge in [-0.05, 0) is 11.3 Å². The summed E-state index contributed by atoms with van der Waals surface area (Å²) in [5, 5.41) is 4.08. The van der Waals surface area contributed by atoms with Gasteiger partial charge in [-0.2, -0.15) is 0 Å². The first kappa shape index (κ1) is 11.4. The third kappa shape index (κ3) is 2.41. The zero-order chi connectivity index (χ0) is 10.9. The van der Waals surface area contributed by atoms with Crippen LogP contribution in [0.5, 0.6) is 0 Å². The van der Waals surface area contributed by atoms with Crippen molar-refractivity contribution in [3.63, 3.8) is 0 Å². The number of nitrogens with two attached hydrogens (primary N) is 1. The molecule has 1 aromatic heterocycles. The van der Waals surface area contributed by atoms with Crippen LogP contribution in [0.2, 0.25) is 5.02 Å². The molecule has 1 unspecified atom stereocenters.